The second-order valence-corrected chi connectivity index (χ2v) is 9.59. The zero-order chi connectivity index (χ0) is 25.9. The van der Waals surface area contributed by atoms with E-state index >= 15 is 0 Å². The number of nitro groups is 1. The van der Waals surface area contributed by atoms with Crippen LogP contribution in [0.2, 0.25) is 0 Å². The van der Waals surface area contributed by atoms with Crippen LogP contribution in [0, 0.1) is 24.0 Å². The number of thiazole rings is 1. The summed E-state index contributed by atoms with van der Waals surface area (Å²) in [7, 11) is 0. The number of aryl methyl sites for hydroxylation is 2. The average Bonchev–Trinajstić information content (AvgIpc) is 3.28. The first kappa shape index (κ1) is 27.0. The first-order chi connectivity index (χ1) is 17.9. The highest BCUT2D eigenvalue weighted by Crippen LogP contribution is 2.36. The number of ether oxygens (including phenoxy) is 1. The molecule has 0 saturated carbocycles. The van der Waals surface area contributed by atoms with Gasteiger partial charge in [-0.15, -0.1) is 17.0 Å². The molecule has 9 nitrogen and oxygen atoms in total. The van der Waals surface area contributed by atoms with Gasteiger partial charge in [-0.05, 0) is 37.6 Å². The normalized spacial score (nSPS) is 15.1. The SMILES string of the molecule is Br.Cc1ccc2c(c1)/C(=N/Nc1nc(C)c(C(=O)Nc3cccc([N+](=O)[O-])c3)s1)CC(c1ccccc1)O2. The predicted octanol–water partition coefficient (Wildman–Crippen LogP) is 6.84. The number of carbonyl (C=O) groups is 1. The Labute approximate surface area is 233 Å². The summed E-state index contributed by atoms with van der Waals surface area (Å²) in [5, 5.41) is 18.9. The maximum Gasteiger partial charge on any atom is 0.271 e. The van der Waals surface area contributed by atoms with Crippen molar-refractivity contribution in [3.63, 3.8) is 0 Å². The Bertz CT molecular complexity index is 1520. The van der Waals surface area contributed by atoms with E-state index in [1.165, 1.54) is 18.2 Å². The summed E-state index contributed by atoms with van der Waals surface area (Å²) >= 11 is 1.16. The van der Waals surface area contributed by atoms with Crippen molar-refractivity contribution in [2.75, 3.05) is 10.7 Å². The number of benzene rings is 3. The lowest BCUT2D eigenvalue weighted by Crippen LogP contribution is -2.22. The summed E-state index contributed by atoms with van der Waals surface area (Å²) in [5.41, 5.74) is 7.69. The van der Waals surface area contributed by atoms with Crippen LogP contribution >= 0.6 is 28.3 Å². The molecule has 3 aromatic carbocycles. The van der Waals surface area contributed by atoms with E-state index < -0.39 is 10.8 Å². The number of aromatic nitrogens is 1. The monoisotopic (exact) mass is 593 g/mol. The van der Waals surface area contributed by atoms with Crippen molar-refractivity contribution in [1.82, 2.24) is 4.98 Å². The number of hydrogen-bond donors (Lipinski definition) is 2. The molecule has 1 amide bonds. The van der Waals surface area contributed by atoms with Crippen LogP contribution < -0.4 is 15.5 Å². The van der Waals surface area contributed by atoms with E-state index in [0.717, 1.165) is 39.5 Å². The highest BCUT2D eigenvalue weighted by Gasteiger charge is 2.27. The quantitative estimate of drug-likeness (QED) is 0.186. The van der Waals surface area contributed by atoms with E-state index in [4.69, 9.17) is 4.74 Å². The van der Waals surface area contributed by atoms with Gasteiger partial charge in [-0.1, -0.05) is 59.4 Å². The van der Waals surface area contributed by atoms with E-state index in [0.29, 0.717) is 27.8 Å². The predicted molar refractivity (Wildman–Crippen MR) is 154 cm³/mol. The van der Waals surface area contributed by atoms with Crippen molar-refractivity contribution >= 4 is 56.4 Å². The van der Waals surface area contributed by atoms with Gasteiger partial charge in [0.05, 0.1) is 16.3 Å². The molecule has 1 unspecified atom stereocenters. The van der Waals surface area contributed by atoms with Crippen molar-refractivity contribution < 1.29 is 14.5 Å². The van der Waals surface area contributed by atoms with Gasteiger partial charge in [-0.2, -0.15) is 5.10 Å². The fraction of sp³-hybridized carbons (Fsp3) is 0.148. The Morgan fingerprint density at radius 3 is 2.66 bits per heavy atom. The number of carbonyl (C=O) groups excluding carboxylic acids is 1. The van der Waals surface area contributed by atoms with Crippen molar-refractivity contribution in [3.05, 3.63) is 110 Å². The summed E-state index contributed by atoms with van der Waals surface area (Å²) in [4.78, 5) is 28.2. The second-order valence-electron chi connectivity index (χ2n) is 8.59. The van der Waals surface area contributed by atoms with Crippen LogP contribution in [0.4, 0.5) is 16.5 Å². The van der Waals surface area contributed by atoms with E-state index in [9.17, 15) is 14.9 Å². The molecule has 38 heavy (non-hydrogen) atoms. The topological polar surface area (TPSA) is 119 Å². The van der Waals surface area contributed by atoms with Gasteiger partial charge >= 0.3 is 0 Å². The van der Waals surface area contributed by atoms with Crippen LogP contribution in [0.25, 0.3) is 0 Å². The number of non-ortho nitro benzene ring substituents is 1. The average molecular weight is 594 g/mol. The molecule has 1 aliphatic rings. The lowest BCUT2D eigenvalue weighted by Gasteiger charge is -2.27. The minimum Gasteiger partial charge on any atom is -0.485 e. The molecule has 0 saturated heterocycles. The molecular weight excluding hydrogens is 570 g/mol. The third-order valence-corrected chi connectivity index (χ3v) is 6.93. The highest BCUT2D eigenvalue weighted by molar-refractivity contribution is 8.93. The molecule has 2 N–H and O–H groups in total. The molecule has 1 atom stereocenters. The molecule has 0 fully saturated rings. The van der Waals surface area contributed by atoms with Crippen molar-refractivity contribution in [1.29, 1.82) is 0 Å². The number of halogens is 1. The second kappa shape index (κ2) is 11.5. The first-order valence-electron chi connectivity index (χ1n) is 11.6. The van der Waals surface area contributed by atoms with Gasteiger partial charge in [0.15, 0.2) is 0 Å². The smallest absolute Gasteiger partial charge is 0.271 e. The van der Waals surface area contributed by atoms with Crippen molar-refractivity contribution in [2.24, 2.45) is 5.10 Å². The van der Waals surface area contributed by atoms with Gasteiger partial charge in [0.1, 0.15) is 16.7 Å². The van der Waals surface area contributed by atoms with Crippen molar-refractivity contribution in [2.45, 2.75) is 26.4 Å². The fourth-order valence-corrected chi connectivity index (χ4v) is 4.87. The number of hydrogen-bond acceptors (Lipinski definition) is 8. The van der Waals surface area contributed by atoms with Gasteiger partial charge in [0.2, 0.25) is 5.13 Å². The molecule has 2 heterocycles. The lowest BCUT2D eigenvalue weighted by atomic mass is 9.94. The van der Waals surface area contributed by atoms with Crippen LogP contribution in [0.15, 0.2) is 77.9 Å². The molecule has 0 bridgehead atoms. The number of anilines is 2. The molecule has 0 spiro atoms. The van der Waals surface area contributed by atoms with Crippen molar-refractivity contribution in [3.8, 4) is 5.75 Å². The van der Waals surface area contributed by atoms with Gasteiger partial charge in [-0.25, -0.2) is 4.98 Å². The number of rotatable bonds is 6. The summed E-state index contributed by atoms with van der Waals surface area (Å²) in [6, 6.07) is 21.8. The molecule has 5 rings (SSSR count). The zero-order valence-electron chi connectivity index (χ0n) is 20.5. The maximum atomic E-state index is 12.8. The summed E-state index contributed by atoms with van der Waals surface area (Å²) in [5.74, 6) is 0.367. The minimum atomic E-state index is -0.507. The summed E-state index contributed by atoms with van der Waals surface area (Å²) < 4.78 is 6.27. The Morgan fingerprint density at radius 2 is 1.89 bits per heavy atom. The molecule has 1 aromatic heterocycles. The fourth-order valence-electron chi connectivity index (χ4n) is 4.07. The van der Waals surface area contributed by atoms with E-state index in [2.05, 4.69) is 20.8 Å². The number of amides is 1. The summed E-state index contributed by atoms with van der Waals surface area (Å²) in [6.45, 7) is 3.75. The third-order valence-electron chi connectivity index (χ3n) is 5.87. The first-order valence-corrected chi connectivity index (χ1v) is 12.4. The van der Waals surface area contributed by atoms with Gasteiger partial charge < -0.3 is 10.1 Å². The van der Waals surface area contributed by atoms with Gasteiger partial charge in [0.25, 0.3) is 11.6 Å². The molecule has 1 aliphatic heterocycles. The third kappa shape index (κ3) is 5.90. The van der Waals surface area contributed by atoms with E-state index in [1.807, 2.05) is 55.5 Å². The Kier molecular flexibility index (Phi) is 8.18. The maximum absolute atomic E-state index is 12.8. The Morgan fingerprint density at radius 1 is 1.11 bits per heavy atom. The van der Waals surface area contributed by atoms with Crippen LogP contribution in [-0.2, 0) is 0 Å². The van der Waals surface area contributed by atoms with Crippen LogP contribution in [0.1, 0.15) is 44.6 Å². The summed E-state index contributed by atoms with van der Waals surface area (Å²) in [6.07, 6.45) is 0.393. The molecule has 4 aromatic rings. The van der Waals surface area contributed by atoms with Crippen LogP contribution in [0.5, 0.6) is 5.75 Å². The van der Waals surface area contributed by atoms with E-state index in [1.54, 1.807) is 13.0 Å². The van der Waals surface area contributed by atoms with Gasteiger partial charge in [-0.3, -0.25) is 20.3 Å². The van der Waals surface area contributed by atoms with Crippen LogP contribution in [0.3, 0.4) is 0 Å². The molecule has 194 valence electrons. The van der Waals surface area contributed by atoms with Crippen LogP contribution in [-0.4, -0.2) is 21.5 Å². The number of fused-ring (bicyclic) bond motifs is 1. The molecule has 0 radical (unpaired) electrons. The number of nitrogens with one attached hydrogen (secondary N) is 2. The number of nitrogens with zero attached hydrogens (tertiary/aromatic N) is 3. The minimum absolute atomic E-state index is 0. The Balaban J connectivity index is 0.00000336. The number of nitro benzene ring substituents is 1. The largest absolute Gasteiger partial charge is 0.485 e. The standard InChI is InChI=1S/C27H23N5O4S.BrH/c1-16-11-12-23-21(13-16)22(15-24(36-23)18-7-4-3-5-8-18)30-31-27-28-17(2)25(37-27)26(33)29-19-9-6-10-20(14-19)32(34)35;/h3-14,24H,15H2,1-2H3,(H,28,31)(H,29,33);1H/b30-22+;. The van der Waals surface area contributed by atoms with E-state index in [-0.39, 0.29) is 28.8 Å². The Hall–Kier alpha value is -4.09. The molecular formula is C27H24BrN5O4S. The molecule has 11 heteroatoms. The highest BCUT2D eigenvalue weighted by atomic mass is 79.9. The number of hydrazone groups is 1. The molecule has 0 aliphatic carbocycles. The zero-order valence-corrected chi connectivity index (χ0v) is 23.0. The lowest BCUT2D eigenvalue weighted by molar-refractivity contribution is -0.384. The van der Waals surface area contributed by atoms with Gasteiger partial charge in [0, 0.05) is 29.8 Å².